The van der Waals surface area contributed by atoms with E-state index >= 15 is 0 Å². The van der Waals surface area contributed by atoms with Crippen molar-refractivity contribution in [3.8, 4) is 0 Å². The van der Waals surface area contributed by atoms with Crippen molar-refractivity contribution < 1.29 is 30.9 Å². The molecule has 1 saturated carbocycles. The molecule has 5 nitrogen and oxygen atoms in total. The zero-order valence-corrected chi connectivity index (χ0v) is 9.92. The first kappa shape index (κ1) is 14.1. The quantitative estimate of drug-likeness (QED) is 0.580. The summed E-state index contributed by atoms with van der Waals surface area (Å²) in [5.74, 6) is -3.59. The van der Waals surface area contributed by atoms with Crippen molar-refractivity contribution in [3.05, 3.63) is 0 Å². The minimum Gasteiger partial charge on any atom is -0.433 e. The van der Waals surface area contributed by atoms with E-state index in [1.54, 1.807) is 0 Å². The van der Waals surface area contributed by atoms with Crippen molar-refractivity contribution in [3.63, 3.8) is 0 Å². The molecule has 0 saturated heterocycles. The topological polar surface area (TPSA) is 69.7 Å². The fraction of sp³-hybridized carbons (Fsp3) is 0.889. The third kappa shape index (κ3) is 4.84. The number of hydrogen-bond acceptors (Lipinski definition) is 5. The third-order valence-corrected chi connectivity index (χ3v) is 3.37. The Kier molecular flexibility index (Phi) is 5.10. The van der Waals surface area contributed by atoms with Crippen molar-refractivity contribution in [1.29, 1.82) is 0 Å². The number of alkyl halides is 2. The molecule has 0 N–H and O–H groups in total. The van der Waals surface area contributed by atoms with Crippen LogP contribution in [0.25, 0.3) is 0 Å². The van der Waals surface area contributed by atoms with Gasteiger partial charge in [-0.25, -0.2) is 4.79 Å². The standard InChI is InChI=1S/C9H14F2O5S/c10-8(11)17(13,14)16-9(12)15-6-7-4-2-1-3-5-7/h7-8H,1-6H2. The predicted octanol–water partition coefficient (Wildman–Crippen LogP) is 2.27. The summed E-state index contributed by atoms with van der Waals surface area (Å²) in [6, 6.07) is 0. The molecule has 0 radical (unpaired) electrons. The zero-order valence-electron chi connectivity index (χ0n) is 9.10. The molecule has 0 aromatic carbocycles. The average Bonchev–Trinajstić information content (AvgIpc) is 2.27. The Bertz CT molecular complexity index is 348. The maximum absolute atomic E-state index is 11.8. The van der Waals surface area contributed by atoms with Gasteiger partial charge in [0.2, 0.25) is 0 Å². The van der Waals surface area contributed by atoms with Gasteiger partial charge in [0.05, 0.1) is 6.61 Å². The van der Waals surface area contributed by atoms with Gasteiger partial charge in [-0.05, 0) is 18.8 Å². The molecule has 1 rings (SSSR count). The van der Waals surface area contributed by atoms with Gasteiger partial charge < -0.3 is 8.92 Å². The van der Waals surface area contributed by atoms with Crippen LogP contribution in [-0.4, -0.2) is 26.9 Å². The molecule has 0 unspecified atom stereocenters. The van der Waals surface area contributed by atoms with Gasteiger partial charge in [0, 0.05) is 0 Å². The van der Waals surface area contributed by atoms with Crippen LogP contribution in [0.2, 0.25) is 0 Å². The van der Waals surface area contributed by atoms with Crippen LogP contribution >= 0.6 is 0 Å². The molecular formula is C9H14F2O5S. The molecule has 0 heterocycles. The molecule has 0 aliphatic heterocycles. The second-order valence-corrected chi connectivity index (χ2v) is 5.41. The third-order valence-electron chi connectivity index (χ3n) is 2.56. The first-order chi connectivity index (χ1) is 7.92. The molecule has 1 fully saturated rings. The van der Waals surface area contributed by atoms with Crippen LogP contribution in [-0.2, 0) is 19.0 Å². The summed E-state index contributed by atoms with van der Waals surface area (Å²) >= 11 is 0. The summed E-state index contributed by atoms with van der Waals surface area (Å²) in [7, 11) is -5.16. The minimum atomic E-state index is -5.16. The molecule has 0 aromatic rings. The van der Waals surface area contributed by atoms with Crippen molar-refractivity contribution >= 4 is 16.3 Å². The smallest absolute Gasteiger partial charge is 0.433 e. The van der Waals surface area contributed by atoms with E-state index in [4.69, 9.17) is 0 Å². The second kappa shape index (κ2) is 6.13. The molecule has 0 bridgehead atoms. The van der Waals surface area contributed by atoms with Crippen LogP contribution < -0.4 is 0 Å². The van der Waals surface area contributed by atoms with E-state index in [1.165, 1.54) is 0 Å². The zero-order chi connectivity index (χ0) is 12.9. The highest BCUT2D eigenvalue weighted by molar-refractivity contribution is 7.87. The van der Waals surface area contributed by atoms with Gasteiger partial charge in [0.1, 0.15) is 0 Å². The largest absolute Gasteiger partial charge is 0.524 e. The summed E-state index contributed by atoms with van der Waals surface area (Å²) in [6.45, 7) is 0.0115. The van der Waals surface area contributed by atoms with E-state index in [1.807, 2.05) is 0 Å². The second-order valence-electron chi connectivity index (χ2n) is 3.90. The highest BCUT2D eigenvalue weighted by Crippen LogP contribution is 2.23. The van der Waals surface area contributed by atoms with Crippen LogP contribution in [0.4, 0.5) is 13.6 Å². The number of hydrogen-bond donors (Lipinski definition) is 0. The molecule has 1 aliphatic rings. The maximum atomic E-state index is 11.8. The first-order valence-electron chi connectivity index (χ1n) is 5.30. The van der Waals surface area contributed by atoms with Gasteiger partial charge in [-0.15, -0.1) is 0 Å². The maximum Gasteiger partial charge on any atom is 0.524 e. The summed E-state index contributed by atoms with van der Waals surface area (Å²) in [5.41, 5.74) is 0. The van der Waals surface area contributed by atoms with Crippen molar-refractivity contribution in [2.24, 2.45) is 5.92 Å². The summed E-state index contributed by atoms with van der Waals surface area (Å²) in [6.07, 6.45) is 3.36. The number of carbonyl (C=O) groups excluding carboxylic acids is 1. The van der Waals surface area contributed by atoms with E-state index in [0.29, 0.717) is 0 Å². The molecule has 0 amide bonds. The number of halogens is 2. The normalized spacial score (nSPS) is 18.1. The van der Waals surface area contributed by atoms with Gasteiger partial charge >= 0.3 is 22.0 Å². The van der Waals surface area contributed by atoms with Crippen LogP contribution in [0.3, 0.4) is 0 Å². The predicted molar refractivity (Wildman–Crippen MR) is 53.9 cm³/mol. The van der Waals surface area contributed by atoms with Crippen LogP contribution in [0, 0.1) is 5.92 Å². The Hall–Kier alpha value is -0.920. The minimum absolute atomic E-state index is 0.0115. The van der Waals surface area contributed by atoms with E-state index in [9.17, 15) is 22.0 Å². The lowest BCUT2D eigenvalue weighted by atomic mass is 9.90. The van der Waals surface area contributed by atoms with Crippen molar-refractivity contribution in [1.82, 2.24) is 0 Å². The summed E-state index contributed by atoms with van der Waals surface area (Å²) in [5, 5.41) is 0. The number of carbonyl (C=O) groups is 1. The van der Waals surface area contributed by atoms with Crippen LogP contribution in [0.1, 0.15) is 32.1 Å². The van der Waals surface area contributed by atoms with Crippen LogP contribution in [0.5, 0.6) is 0 Å². The molecule has 0 atom stereocenters. The molecule has 0 spiro atoms. The average molecular weight is 272 g/mol. The highest BCUT2D eigenvalue weighted by atomic mass is 32.2. The van der Waals surface area contributed by atoms with Gasteiger partial charge in [-0.1, -0.05) is 19.3 Å². The molecule has 1 aliphatic carbocycles. The monoisotopic (exact) mass is 272 g/mol. The number of ether oxygens (including phenoxy) is 1. The van der Waals surface area contributed by atoms with E-state index in [2.05, 4.69) is 8.92 Å². The Labute approximate surface area is 98.2 Å². The molecule has 100 valence electrons. The molecule has 8 heteroatoms. The highest BCUT2D eigenvalue weighted by Gasteiger charge is 2.30. The Morgan fingerprint density at radius 2 is 1.82 bits per heavy atom. The SMILES string of the molecule is O=C(OCC1CCCCC1)OS(=O)(=O)C(F)F. The van der Waals surface area contributed by atoms with Crippen molar-refractivity contribution in [2.45, 2.75) is 37.9 Å². The Morgan fingerprint density at radius 3 is 2.35 bits per heavy atom. The van der Waals surface area contributed by atoms with E-state index < -0.39 is 22.0 Å². The number of rotatable bonds is 4. The van der Waals surface area contributed by atoms with Gasteiger partial charge in [0.15, 0.2) is 0 Å². The summed E-state index contributed by atoms with van der Waals surface area (Å²) < 4.78 is 52.8. The lowest BCUT2D eigenvalue weighted by Gasteiger charge is -2.20. The Morgan fingerprint density at radius 1 is 1.24 bits per heavy atom. The van der Waals surface area contributed by atoms with E-state index in [-0.39, 0.29) is 12.5 Å². The van der Waals surface area contributed by atoms with Crippen molar-refractivity contribution in [2.75, 3.05) is 6.61 Å². The van der Waals surface area contributed by atoms with Crippen LogP contribution in [0.15, 0.2) is 0 Å². The van der Waals surface area contributed by atoms with Gasteiger partial charge in [-0.2, -0.15) is 17.2 Å². The lowest BCUT2D eigenvalue weighted by molar-refractivity contribution is 0.0746. The fourth-order valence-corrected chi connectivity index (χ4v) is 2.01. The molecular weight excluding hydrogens is 258 g/mol. The Balaban J connectivity index is 2.30. The van der Waals surface area contributed by atoms with Gasteiger partial charge in [-0.3, -0.25) is 0 Å². The summed E-state index contributed by atoms with van der Waals surface area (Å²) in [4.78, 5) is 10.8. The first-order valence-corrected chi connectivity index (χ1v) is 6.77. The van der Waals surface area contributed by atoms with E-state index in [0.717, 1.165) is 32.1 Å². The molecule has 0 aromatic heterocycles. The van der Waals surface area contributed by atoms with Gasteiger partial charge in [0.25, 0.3) is 0 Å². The molecule has 17 heavy (non-hydrogen) atoms. The fourth-order valence-electron chi connectivity index (χ4n) is 1.69. The lowest BCUT2D eigenvalue weighted by Crippen LogP contribution is -2.22.